The van der Waals surface area contributed by atoms with E-state index in [2.05, 4.69) is 38.5 Å². The number of aromatic nitrogens is 2. The van der Waals surface area contributed by atoms with Gasteiger partial charge in [-0.3, -0.25) is 14.5 Å². The second-order valence-corrected chi connectivity index (χ2v) is 7.29. The van der Waals surface area contributed by atoms with Crippen molar-refractivity contribution in [1.29, 1.82) is 0 Å². The van der Waals surface area contributed by atoms with Gasteiger partial charge in [0.25, 0.3) is 0 Å². The number of nitrogens with one attached hydrogen (secondary N) is 1. The minimum absolute atomic E-state index is 0. The Kier molecular flexibility index (Phi) is 8.94. The molecule has 0 spiro atoms. The molecule has 1 aromatic carbocycles. The van der Waals surface area contributed by atoms with Crippen LogP contribution in [0, 0.1) is 0 Å². The van der Waals surface area contributed by atoms with Gasteiger partial charge in [-0.2, -0.15) is 5.10 Å². The summed E-state index contributed by atoms with van der Waals surface area (Å²) in [5.41, 5.74) is 3.78. The maximum Gasteiger partial charge on any atom is 0.222 e. The van der Waals surface area contributed by atoms with E-state index in [-0.39, 0.29) is 29.9 Å². The van der Waals surface area contributed by atoms with Crippen molar-refractivity contribution < 1.29 is 4.79 Å². The highest BCUT2D eigenvalue weighted by molar-refractivity contribution is 14.0. The van der Waals surface area contributed by atoms with Crippen LogP contribution in [-0.2, 0) is 31.4 Å². The molecule has 7 nitrogen and oxygen atoms in total. The molecule has 0 fully saturated rings. The zero-order chi connectivity index (χ0) is 19.9. The van der Waals surface area contributed by atoms with Gasteiger partial charge < -0.3 is 15.1 Å². The van der Waals surface area contributed by atoms with Crippen molar-refractivity contribution >= 4 is 35.8 Å². The van der Waals surface area contributed by atoms with E-state index in [1.165, 1.54) is 11.1 Å². The second kappa shape index (κ2) is 11.2. The molecule has 0 radical (unpaired) electrons. The number of hydrogen-bond donors (Lipinski definition) is 1. The van der Waals surface area contributed by atoms with Gasteiger partial charge in [0.1, 0.15) is 0 Å². The first-order valence-corrected chi connectivity index (χ1v) is 9.80. The Balaban J connectivity index is 0.00000300. The summed E-state index contributed by atoms with van der Waals surface area (Å²) in [4.78, 5) is 20.9. The lowest BCUT2D eigenvalue weighted by Crippen LogP contribution is -2.39. The molecule has 0 unspecified atom stereocenters. The van der Waals surface area contributed by atoms with Crippen molar-refractivity contribution in [3.8, 4) is 0 Å². The van der Waals surface area contributed by atoms with E-state index < -0.39 is 0 Å². The highest BCUT2D eigenvalue weighted by Gasteiger charge is 2.19. The average molecular weight is 510 g/mol. The van der Waals surface area contributed by atoms with Gasteiger partial charge in [0.05, 0.1) is 6.20 Å². The molecule has 0 aliphatic carbocycles. The lowest BCUT2D eigenvalue weighted by Gasteiger charge is -2.29. The maximum atomic E-state index is 12.5. The molecule has 8 heteroatoms. The van der Waals surface area contributed by atoms with Crippen LogP contribution in [-0.4, -0.2) is 58.6 Å². The minimum Gasteiger partial charge on any atom is -0.356 e. The van der Waals surface area contributed by atoms with Crippen LogP contribution in [0.15, 0.2) is 41.7 Å². The van der Waals surface area contributed by atoms with Crippen molar-refractivity contribution in [2.45, 2.75) is 32.4 Å². The third-order valence-electron chi connectivity index (χ3n) is 5.09. The molecule has 0 atom stereocenters. The minimum atomic E-state index is 0. The van der Waals surface area contributed by atoms with Gasteiger partial charge in [0.2, 0.25) is 5.91 Å². The van der Waals surface area contributed by atoms with Crippen molar-refractivity contribution in [2.24, 2.45) is 12.0 Å². The normalized spacial score (nSPS) is 13.5. The van der Waals surface area contributed by atoms with Crippen molar-refractivity contribution in [2.75, 3.05) is 27.2 Å². The van der Waals surface area contributed by atoms with E-state index in [9.17, 15) is 4.79 Å². The number of nitrogens with zero attached hydrogens (tertiary/aromatic N) is 5. The summed E-state index contributed by atoms with van der Waals surface area (Å²) in [7, 11) is 5.69. The van der Waals surface area contributed by atoms with Crippen LogP contribution >= 0.6 is 24.0 Å². The van der Waals surface area contributed by atoms with Crippen LogP contribution < -0.4 is 5.32 Å². The number of amides is 1. The summed E-state index contributed by atoms with van der Waals surface area (Å²) in [6.45, 7) is 3.01. The predicted molar refractivity (Wildman–Crippen MR) is 126 cm³/mol. The highest BCUT2D eigenvalue weighted by Crippen LogP contribution is 2.19. The molecule has 29 heavy (non-hydrogen) atoms. The molecule has 1 aromatic heterocycles. The summed E-state index contributed by atoms with van der Waals surface area (Å²) >= 11 is 0. The summed E-state index contributed by atoms with van der Waals surface area (Å²) in [5.74, 6) is 1.05. The molecule has 0 saturated carbocycles. The summed E-state index contributed by atoms with van der Waals surface area (Å²) in [6.07, 6.45) is 6.15. The summed E-state index contributed by atoms with van der Waals surface area (Å²) < 4.78 is 1.80. The van der Waals surface area contributed by atoms with Gasteiger partial charge in [-0.05, 0) is 24.0 Å². The Morgan fingerprint density at radius 3 is 2.76 bits per heavy atom. The number of carbonyl (C=O) groups is 1. The first kappa shape index (κ1) is 23.2. The second-order valence-electron chi connectivity index (χ2n) is 7.29. The Morgan fingerprint density at radius 2 is 2.07 bits per heavy atom. The zero-order valence-electron chi connectivity index (χ0n) is 17.5. The van der Waals surface area contributed by atoms with Crippen LogP contribution in [0.4, 0.5) is 0 Å². The standard InChI is InChI=1S/C21H30N6O.HI/c1-22-21(25(2)14-17-13-24-26(3)15-17)23-11-6-9-20(28)27-12-10-18-7-4-5-8-19(18)16-27;/h4-5,7-8,13,15H,6,9-12,14,16H2,1-3H3,(H,22,23);1H. The number of aryl methyl sites for hydroxylation is 1. The largest absolute Gasteiger partial charge is 0.356 e. The average Bonchev–Trinajstić information content (AvgIpc) is 3.11. The van der Waals surface area contributed by atoms with E-state index in [1.54, 1.807) is 11.7 Å². The van der Waals surface area contributed by atoms with Crippen LogP contribution in [0.25, 0.3) is 0 Å². The highest BCUT2D eigenvalue weighted by atomic mass is 127. The molecule has 2 aromatic rings. The number of rotatable bonds is 6. The number of guanidine groups is 1. The number of carbonyl (C=O) groups excluding carboxylic acids is 1. The number of benzene rings is 1. The zero-order valence-corrected chi connectivity index (χ0v) is 19.8. The molecular formula is C21H31IN6O. The molecular weight excluding hydrogens is 479 g/mol. The molecule has 1 amide bonds. The number of fused-ring (bicyclic) bond motifs is 1. The lowest BCUT2D eigenvalue weighted by molar-refractivity contribution is -0.132. The fourth-order valence-electron chi connectivity index (χ4n) is 3.59. The molecule has 1 N–H and O–H groups in total. The first-order valence-electron chi connectivity index (χ1n) is 9.80. The van der Waals surface area contributed by atoms with E-state index in [4.69, 9.17) is 0 Å². The molecule has 2 heterocycles. The van der Waals surface area contributed by atoms with Gasteiger partial charge in [-0.25, -0.2) is 0 Å². The van der Waals surface area contributed by atoms with Crippen molar-refractivity contribution in [3.63, 3.8) is 0 Å². The summed E-state index contributed by atoms with van der Waals surface area (Å²) in [6, 6.07) is 8.40. The fraction of sp³-hybridized carbons (Fsp3) is 0.476. The van der Waals surface area contributed by atoms with E-state index in [0.29, 0.717) is 6.42 Å². The number of aliphatic imine (C=N–C) groups is 1. The van der Waals surface area contributed by atoms with Gasteiger partial charge in [0, 0.05) is 65.5 Å². The monoisotopic (exact) mass is 510 g/mol. The topological polar surface area (TPSA) is 65.8 Å². The van der Waals surface area contributed by atoms with Crippen molar-refractivity contribution in [1.82, 2.24) is 24.9 Å². The van der Waals surface area contributed by atoms with Crippen LogP contribution in [0.3, 0.4) is 0 Å². The Hall–Kier alpha value is -2.10. The summed E-state index contributed by atoms with van der Waals surface area (Å²) in [5, 5.41) is 7.54. The maximum absolute atomic E-state index is 12.5. The molecule has 0 saturated heterocycles. The van der Waals surface area contributed by atoms with E-state index in [0.717, 1.165) is 50.5 Å². The molecule has 1 aliphatic rings. The molecule has 1 aliphatic heterocycles. The SMILES string of the molecule is CN=C(NCCCC(=O)N1CCc2ccccc2C1)N(C)Cc1cnn(C)c1.I. The van der Waals surface area contributed by atoms with E-state index >= 15 is 0 Å². The van der Waals surface area contributed by atoms with Gasteiger partial charge in [-0.1, -0.05) is 24.3 Å². The predicted octanol–water partition coefficient (Wildman–Crippen LogP) is 2.41. The first-order chi connectivity index (χ1) is 13.6. The van der Waals surface area contributed by atoms with Gasteiger partial charge in [0.15, 0.2) is 5.96 Å². The van der Waals surface area contributed by atoms with Crippen molar-refractivity contribution in [3.05, 3.63) is 53.3 Å². The third kappa shape index (κ3) is 6.45. The Bertz CT molecular complexity index is 834. The number of hydrogen-bond acceptors (Lipinski definition) is 3. The fourth-order valence-corrected chi connectivity index (χ4v) is 3.59. The number of halogens is 1. The quantitative estimate of drug-likeness (QED) is 0.281. The van der Waals surface area contributed by atoms with Gasteiger partial charge in [-0.15, -0.1) is 24.0 Å². The molecule has 0 bridgehead atoms. The third-order valence-corrected chi connectivity index (χ3v) is 5.09. The molecule has 3 rings (SSSR count). The lowest BCUT2D eigenvalue weighted by atomic mass is 9.99. The van der Waals surface area contributed by atoms with Crippen LogP contribution in [0.1, 0.15) is 29.5 Å². The Morgan fingerprint density at radius 1 is 1.31 bits per heavy atom. The van der Waals surface area contributed by atoms with Gasteiger partial charge >= 0.3 is 0 Å². The van der Waals surface area contributed by atoms with Crippen LogP contribution in [0.2, 0.25) is 0 Å². The van der Waals surface area contributed by atoms with E-state index in [1.807, 2.05) is 37.5 Å². The van der Waals surface area contributed by atoms with Crippen LogP contribution in [0.5, 0.6) is 0 Å². The molecule has 158 valence electrons. The smallest absolute Gasteiger partial charge is 0.222 e. The Labute approximate surface area is 190 Å².